The maximum atomic E-state index is 6.03. The normalized spacial score (nSPS) is 11.0. The second-order valence-corrected chi connectivity index (χ2v) is 5.10. The zero-order valence-corrected chi connectivity index (χ0v) is 12.3. The number of fused-ring (bicyclic) bond motifs is 1. The van der Waals surface area contributed by atoms with E-state index in [1.807, 2.05) is 42.1 Å². The van der Waals surface area contributed by atoms with Gasteiger partial charge in [-0.1, -0.05) is 31.2 Å². The molecule has 0 radical (unpaired) electrons. The predicted octanol–water partition coefficient (Wildman–Crippen LogP) is 3.30. The summed E-state index contributed by atoms with van der Waals surface area (Å²) in [6.45, 7) is 2.52. The van der Waals surface area contributed by atoms with Crippen LogP contribution in [0.15, 0.2) is 42.5 Å². The number of nitrogens with two attached hydrogens (primary N) is 1. The maximum Gasteiger partial charge on any atom is 0.142 e. The standard InChI is InChI=1S/C17H19N3O/c1-3-12-8-9-17(14(18)10-12)21-11-15-13-6-4-5-7-16(13)20(2)19-15/h4-10H,3,11,18H2,1-2H3. The highest BCUT2D eigenvalue weighted by atomic mass is 16.5. The number of hydrogen-bond donors (Lipinski definition) is 1. The molecule has 1 aromatic heterocycles. The van der Waals surface area contributed by atoms with E-state index < -0.39 is 0 Å². The van der Waals surface area contributed by atoms with E-state index in [9.17, 15) is 0 Å². The minimum absolute atomic E-state index is 0.414. The molecule has 4 heteroatoms. The summed E-state index contributed by atoms with van der Waals surface area (Å²) in [6.07, 6.45) is 0.968. The lowest BCUT2D eigenvalue weighted by atomic mass is 10.1. The topological polar surface area (TPSA) is 53.1 Å². The summed E-state index contributed by atoms with van der Waals surface area (Å²) in [7, 11) is 1.94. The fourth-order valence-corrected chi connectivity index (χ4v) is 2.49. The van der Waals surface area contributed by atoms with Crippen molar-refractivity contribution in [2.45, 2.75) is 20.0 Å². The van der Waals surface area contributed by atoms with Crippen LogP contribution in [0.1, 0.15) is 18.2 Å². The highest BCUT2D eigenvalue weighted by molar-refractivity contribution is 5.81. The SMILES string of the molecule is CCc1ccc(OCc2nn(C)c3ccccc23)c(N)c1. The summed E-state index contributed by atoms with van der Waals surface area (Å²) in [5.41, 5.74) is 9.94. The first kappa shape index (κ1) is 13.5. The Morgan fingerprint density at radius 1 is 1.19 bits per heavy atom. The Balaban J connectivity index is 1.84. The summed E-state index contributed by atoms with van der Waals surface area (Å²) in [6, 6.07) is 14.1. The molecule has 0 aliphatic heterocycles. The Morgan fingerprint density at radius 3 is 2.76 bits per heavy atom. The van der Waals surface area contributed by atoms with E-state index in [1.165, 1.54) is 5.56 Å². The number of aromatic nitrogens is 2. The number of para-hydroxylation sites is 1. The Bertz CT molecular complexity index is 777. The molecule has 3 aromatic rings. The molecule has 4 nitrogen and oxygen atoms in total. The van der Waals surface area contributed by atoms with Crippen molar-refractivity contribution >= 4 is 16.6 Å². The molecule has 2 N–H and O–H groups in total. The average Bonchev–Trinajstić information content (AvgIpc) is 2.83. The van der Waals surface area contributed by atoms with Gasteiger partial charge in [-0.15, -0.1) is 0 Å². The van der Waals surface area contributed by atoms with Crippen LogP contribution in [0.2, 0.25) is 0 Å². The molecule has 0 unspecified atom stereocenters. The predicted molar refractivity (Wildman–Crippen MR) is 85.3 cm³/mol. The molecule has 21 heavy (non-hydrogen) atoms. The van der Waals surface area contributed by atoms with Gasteiger partial charge in [0.2, 0.25) is 0 Å². The van der Waals surface area contributed by atoms with E-state index in [4.69, 9.17) is 10.5 Å². The minimum atomic E-state index is 0.414. The van der Waals surface area contributed by atoms with Crippen LogP contribution < -0.4 is 10.5 Å². The maximum absolute atomic E-state index is 6.03. The molecule has 1 heterocycles. The molecule has 0 bridgehead atoms. The van der Waals surface area contributed by atoms with Crippen LogP contribution in [0.3, 0.4) is 0 Å². The zero-order valence-electron chi connectivity index (χ0n) is 12.3. The second-order valence-electron chi connectivity index (χ2n) is 5.10. The Kier molecular flexibility index (Phi) is 3.52. The molecule has 0 aliphatic rings. The minimum Gasteiger partial charge on any atom is -0.485 e. The highest BCUT2D eigenvalue weighted by Gasteiger charge is 2.09. The van der Waals surface area contributed by atoms with Crippen molar-refractivity contribution < 1.29 is 4.74 Å². The van der Waals surface area contributed by atoms with Crippen LogP contribution in [0.4, 0.5) is 5.69 Å². The fraction of sp³-hybridized carbons (Fsp3) is 0.235. The van der Waals surface area contributed by atoms with E-state index in [1.54, 1.807) is 0 Å². The highest BCUT2D eigenvalue weighted by Crippen LogP contribution is 2.25. The van der Waals surface area contributed by atoms with Gasteiger partial charge in [0, 0.05) is 12.4 Å². The van der Waals surface area contributed by atoms with Gasteiger partial charge in [0.15, 0.2) is 0 Å². The van der Waals surface area contributed by atoms with Crippen molar-refractivity contribution in [3.05, 3.63) is 53.7 Å². The van der Waals surface area contributed by atoms with Gasteiger partial charge < -0.3 is 10.5 Å². The molecule has 0 aliphatic carbocycles. The number of hydrogen-bond acceptors (Lipinski definition) is 3. The molecule has 0 saturated carbocycles. The van der Waals surface area contributed by atoms with Crippen LogP contribution in [0.25, 0.3) is 10.9 Å². The van der Waals surface area contributed by atoms with Crippen molar-refractivity contribution in [2.24, 2.45) is 7.05 Å². The third-order valence-electron chi connectivity index (χ3n) is 3.68. The van der Waals surface area contributed by atoms with Gasteiger partial charge in [0.25, 0.3) is 0 Å². The number of nitrogen functional groups attached to an aromatic ring is 1. The second kappa shape index (κ2) is 5.48. The fourth-order valence-electron chi connectivity index (χ4n) is 2.49. The molecule has 0 saturated heterocycles. The zero-order chi connectivity index (χ0) is 14.8. The van der Waals surface area contributed by atoms with E-state index in [0.717, 1.165) is 23.0 Å². The molecular formula is C17H19N3O. The van der Waals surface area contributed by atoms with Crippen LogP contribution in [0, 0.1) is 0 Å². The van der Waals surface area contributed by atoms with Gasteiger partial charge in [0.1, 0.15) is 18.1 Å². The number of ether oxygens (including phenoxy) is 1. The number of anilines is 1. The lowest BCUT2D eigenvalue weighted by Gasteiger charge is -2.09. The molecular weight excluding hydrogens is 262 g/mol. The summed E-state index contributed by atoms with van der Waals surface area (Å²) < 4.78 is 7.72. The van der Waals surface area contributed by atoms with Crippen LogP contribution in [0.5, 0.6) is 5.75 Å². The van der Waals surface area contributed by atoms with Gasteiger partial charge in [-0.25, -0.2) is 0 Å². The molecule has 2 aromatic carbocycles. The number of rotatable bonds is 4. The molecule has 0 amide bonds. The first-order chi connectivity index (χ1) is 10.2. The molecule has 3 rings (SSSR count). The largest absolute Gasteiger partial charge is 0.485 e. The van der Waals surface area contributed by atoms with Crippen LogP contribution in [-0.2, 0) is 20.1 Å². The van der Waals surface area contributed by atoms with Crippen molar-refractivity contribution in [1.29, 1.82) is 0 Å². The summed E-state index contributed by atoms with van der Waals surface area (Å²) in [5, 5.41) is 5.63. The molecule has 0 spiro atoms. The number of benzene rings is 2. The van der Waals surface area contributed by atoms with Gasteiger partial charge in [-0.05, 0) is 30.2 Å². The molecule has 108 valence electrons. The molecule has 0 atom stereocenters. The first-order valence-corrected chi connectivity index (χ1v) is 7.11. The average molecular weight is 281 g/mol. The quantitative estimate of drug-likeness (QED) is 0.747. The summed E-state index contributed by atoms with van der Waals surface area (Å²) >= 11 is 0. The lowest BCUT2D eigenvalue weighted by Crippen LogP contribution is -2.01. The van der Waals surface area contributed by atoms with Gasteiger partial charge in [-0.2, -0.15) is 5.10 Å². The van der Waals surface area contributed by atoms with Crippen LogP contribution in [-0.4, -0.2) is 9.78 Å². The van der Waals surface area contributed by atoms with Crippen molar-refractivity contribution in [2.75, 3.05) is 5.73 Å². The number of nitrogens with zero attached hydrogens (tertiary/aromatic N) is 2. The van der Waals surface area contributed by atoms with Crippen molar-refractivity contribution in [3.8, 4) is 5.75 Å². The van der Waals surface area contributed by atoms with Crippen LogP contribution >= 0.6 is 0 Å². The summed E-state index contributed by atoms with van der Waals surface area (Å²) in [5.74, 6) is 0.710. The first-order valence-electron chi connectivity index (χ1n) is 7.11. The van der Waals surface area contributed by atoms with E-state index in [2.05, 4.69) is 24.2 Å². The van der Waals surface area contributed by atoms with Gasteiger partial charge >= 0.3 is 0 Å². The lowest BCUT2D eigenvalue weighted by molar-refractivity contribution is 0.303. The smallest absolute Gasteiger partial charge is 0.142 e. The number of aryl methyl sites for hydroxylation is 2. The van der Waals surface area contributed by atoms with E-state index in [-0.39, 0.29) is 0 Å². The van der Waals surface area contributed by atoms with Gasteiger partial charge in [0.05, 0.1) is 11.2 Å². The van der Waals surface area contributed by atoms with E-state index in [0.29, 0.717) is 18.0 Å². The Labute approximate surface area is 124 Å². The van der Waals surface area contributed by atoms with E-state index >= 15 is 0 Å². The summed E-state index contributed by atoms with van der Waals surface area (Å²) in [4.78, 5) is 0. The third kappa shape index (κ3) is 2.57. The third-order valence-corrected chi connectivity index (χ3v) is 3.68. The Hall–Kier alpha value is -2.49. The van der Waals surface area contributed by atoms with Crippen molar-refractivity contribution in [3.63, 3.8) is 0 Å². The monoisotopic (exact) mass is 281 g/mol. The van der Waals surface area contributed by atoms with Gasteiger partial charge in [-0.3, -0.25) is 4.68 Å². The van der Waals surface area contributed by atoms with Crippen molar-refractivity contribution in [1.82, 2.24) is 9.78 Å². The Morgan fingerprint density at radius 2 is 2.00 bits per heavy atom. The molecule has 0 fully saturated rings.